The summed E-state index contributed by atoms with van der Waals surface area (Å²) in [7, 11) is -3.73. The predicted octanol–water partition coefficient (Wildman–Crippen LogP) is 1.12. The summed E-state index contributed by atoms with van der Waals surface area (Å²) >= 11 is 0. The minimum Gasteiger partial charge on any atom is -0.462 e. The Bertz CT molecular complexity index is 802. The van der Waals surface area contributed by atoms with E-state index in [4.69, 9.17) is 9.47 Å². The molecule has 28 heavy (non-hydrogen) atoms. The zero-order chi connectivity index (χ0) is 20.1. The van der Waals surface area contributed by atoms with Crippen molar-refractivity contribution in [1.82, 2.24) is 9.21 Å². The van der Waals surface area contributed by atoms with Gasteiger partial charge in [0.2, 0.25) is 15.9 Å². The molecule has 0 aromatic heterocycles. The maximum Gasteiger partial charge on any atom is 0.338 e. The Hall–Kier alpha value is -1.97. The molecule has 2 saturated heterocycles. The Morgan fingerprint density at radius 3 is 2.46 bits per heavy atom. The van der Waals surface area contributed by atoms with Gasteiger partial charge in [-0.15, -0.1) is 0 Å². The molecule has 0 spiro atoms. The number of ether oxygens (including phenoxy) is 2. The Balaban J connectivity index is 1.70. The molecule has 1 aromatic rings. The Kier molecular flexibility index (Phi) is 6.69. The van der Waals surface area contributed by atoms with E-state index in [9.17, 15) is 18.0 Å². The molecule has 3 rings (SSSR count). The third-order valence-electron chi connectivity index (χ3n) is 5.06. The minimum atomic E-state index is -3.73. The van der Waals surface area contributed by atoms with Gasteiger partial charge in [-0.25, -0.2) is 13.2 Å². The van der Waals surface area contributed by atoms with Crippen molar-refractivity contribution in [3.63, 3.8) is 0 Å². The fourth-order valence-electron chi connectivity index (χ4n) is 3.53. The van der Waals surface area contributed by atoms with E-state index in [1.807, 2.05) is 0 Å². The number of hydrogen-bond acceptors (Lipinski definition) is 6. The van der Waals surface area contributed by atoms with Crippen LogP contribution in [0.1, 0.15) is 30.1 Å². The standard InChI is InChI=1S/C19H26N2O6S/c1-2-27-19(23)15-5-7-17(8-6-15)28(24,25)21-9-3-4-16(14-21)18(22)20-10-12-26-13-11-20/h5-8,16H,2-4,9-14H2,1H3/t16-/m1/s1. The van der Waals surface area contributed by atoms with E-state index in [0.717, 1.165) is 0 Å². The fraction of sp³-hybridized carbons (Fsp3) is 0.579. The number of benzene rings is 1. The molecule has 1 atom stereocenters. The lowest BCUT2D eigenvalue weighted by molar-refractivity contribution is -0.140. The van der Waals surface area contributed by atoms with Gasteiger partial charge in [0.25, 0.3) is 0 Å². The van der Waals surface area contributed by atoms with Crippen molar-refractivity contribution in [1.29, 1.82) is 0 Å². The third-order valence-corrected chi connectivity index (χ3v) is 6.94. The SMILES string of the molecule is CCOC(=O)c1ccc(S(=O)(=O)N2CCC[C@@H](C(=O)N3CCOCC3)C2)cc1. The molecule has 2 fully saturated rings. The number of amides is 1. The summed E-state index contributed by atoms with van der Waals surface area (Å²) in [6.45, 7) is 4.68. The lowest BCUT2D eigenvalue weighted by atomic mass is 9.98. The van der Waals surface area contributed by atoms with Crippen molar-refractivity contribution in [2.45, 2.75) is 24.7 Å². The smallest absolute Gasteiger partial charge is 0.338 e. The van der Waals surface area contributed by atoms with E-state index >= 15 is 0 Å². The van der Waals surface area contributed by atoms with Gasteiger partial charge in [-0.2, -0.15) is 4.31 Å². The predicted molar refractivity (Wildman–Crippen MR) is 101 cm³/mol. The van der Waals surface area contributed by atoms with Crippen LogP contribution >= 0.6 is 0 Å². The summed E-state index contributed by atoms with van der Waals surface area (Å²) in [5, 5.41) is 0. The van der Waals surface area contributed by atoms with Gasteiger partial charge in [0.15, 0.2) is 0 Å². The molecule has 0 N–H and O–H groups in total. The van der Waals surface area contributed by atoms with Gasteiger partial charge in [0.05, 0.1) is 36.2 Å². The van der Waals surface area contributed by atoms with E-state index in [1.54, 1.807) is 11.8 Å². The highest BCUT2D eigenvalue weighted by Gasteiger charge is 2.35. The molecule has 9 heteroatoms. The topological polar surface area (TPSA) is 93.2 Å². The van der Waals surface area contributed by atoms with Gasteiger partial charge >= 0.3 is 5.97 Å². The van der Waals surface area contributed by atoms with Crippen molar-refractivity contribution >= 4 is 21.9 Å². The van der Waals surface area contributed by atoms with Crippen molar-refractivity contribution in [3.05, 3.63) is 29.8 Å². The van der Waals surface area contributed by atoms with Gasteiger partial charge in [0, 0.05) is 26.2 Å². The van der Waals surface area contributed by atoms with Crippen molar-refractivity contribution < 1.29 is 27.5 Å². The van der Waals surface area contributed by atoms with E-state index < -0.39 is 16.0 Å². The summed E-state index contributed by atoms with van der Waals surface area (Å²) in [6.07, 6.45) is 1.32. The zero-order valence-electron chi connectivity index (χ0n) is 16.0. The molecular weight excluding hydrogens is 384 g/mol. The maximum absolute atomic E-state index is 13.0. The average Bonchev–Trinajstić information content (AvgIpc) is 2.74. The number of hydrogen-bond donors (Lipinski definition) is 0. The summed E-state index contributed by atoms with van der Waals surface area (Å²) in [4.78, 5) is 26.4. The number of esters is 1. The number of carbonyl (C=O) groups is 2. The number of morpholine rings is 1. The van der Waals surface area contributed by atoms with Crippen LogP contribution in [0.5, 0.6) is 0 Å². The Labute approximate surface area is 165 Å². The van der Waals surface area contributed by atoms with Gasteiger partial charge in [0.1, 0.15) is 0 Å². The maximum atomic E-state index is 13.0. The van der Waals surface area contributed by atoms with Crippen LogP contribution in [0.25, 0.3) is 0 Å². The van der Waals surface area contributed by atoms with Gasteiger partial charge in [-0.05, 0) is 44.0 Å². The highest BCUT2D eigenvalue weighted by Crippen LogP contribution is 2.25. The van der Waals surface area contributed by atoms with Crippen LogP contribution in [0, 0.1) is 5.92 Å². The number of piperidine rings is 1. The highest BCUT2D eigenvalue weighted by molar-refractivity contribution is 7.89. The summed E-state index contributed by atoms with van der Waals surface area (Å²) in [6, 6.07) is 5.72. The van der Waals surface area contributed by atoms with Gasteiger partial charge in [-0.1, -0.05) is 0 Å². The summed E-state index contributed by atoms with van der Waals surface area (Å²) < 4.78 is 37.6. The molecule has 2 heterocycles. The van der Waals surface area contributed by atoms with Crippen LogP contribution < -0.4 is 0 Å². The second-order valence-corrected chi connectivity index (χ2v) is 8.82. The molecule has 154 valence electrons. The molecule has 1 amide bonds. The highest BCUT2D eigenvalue weighted by atomic mass is 32.2. The van der Waals surface area contributed by atoms with E-state index in [1.165, 1.54) is 28.6 Å². The molecule has 0 unspecified atom stereocenters. The van der Waals surface area contributed by atoms with Crippen molar-refractivity contribution in [2.75, 3.05) is 46.0 Å². The number of nitrogens with zero attached hydrogens (tertiary/aromatic N) is 2. The second kappa shape index (κ2) is 9.02. The van der Waals surface area contributed by atoms with Crippen LogP contribution in [0.3, 0.4) is 0 Å². The molecule has 0 radical (unpaired) electrons. The van der Waals surface area contributed by atoms with Gasteiger partial charge in [-0.3, -0.25) is 4.79 Å². The number of sulfonamides is 1. The first-order valence-corrected chi connectivity index (χ1v) is 11.0. The third kappa shape index (κ3) is 4.53. The number of carbonyl (C=O) groups excluding carboxylic acids is 2. The second-order valence-electron chi connectivity index (χ2n) is 6.88. The molecule has 0 saturated carbocycles. The van der Waals surface area contributed by atoms with Crippen molar-refractivity contribution in [2.24, 2.45) is 5.92 Å². The van der Waals surface area contributed by atoms with Crippen LogP contribution in [-0.2, 0) is 24.3 Å². The van der Waals surface area contributed by atoms with E-state index in [-0.39, 0.29) is 29.9 Å². The molecule has 8 nitrogen and oxygen atoms in total. The van der Waals surface area contributed by atoms with E-state index in [2.05, 4.69) is 0 Å². The average molecular weight is 410 g/mol. The quantitative estimate of drug-likeness (QED) is 0.676. The van der Waals surface area contributed by atoms with Gasteiger partial charge < -0.3 is 14.4 Å². The molecule has 0 bridgehead atoms. The monoisotopic (exact) mass is 410 g/mol. The Morgan fingerprint density at radius 1 is 1.14 bits per heavy atom. The fourth-order valence-corrected chi connectivity index (χ4v) is 5.05. The Morgan fingerprint density at radius 2 is 1.82 bits per heavy atom. The molecule has 2 aliphatic rings. The van der Waals surface area contributed by atoms with Crippen molar-refractivity contribution in [3.8, 4) is 0 Å². The lowest BCUT2D eigenvalue weighted by Gasteiger charge is -2.35. The summed E-state index contributed by atoms with van der Waals surface area (Å²) in [5.74, 6) is -0.818. The van der Waals surface area contributed by atoms with Crippen LogP contribution in [0.2, 0.25) is 0 Å². The lowest BCUT2D eigenvalue weighted by Crippen LogP contribution is -2.49. The zero-order valence-corrected chi connectivity index (χ0v) is 16.8. The minimum absolute atomic E-state index is 0.000795. The van der Waals surface area contributed by atoms with Crippen LogP contribution in [0.15, 0.2) is 29.2 Å². The molecular formula is C19H26N2O6S. The summed E-state index contributed by atoms with van der Waals surface area (Å²) in [5.41, 5.74) is 0.305. The molecule has 2 aliphatic heterocycles. The molecule has 1 aromatic carbocycles. The largest absolute Gasteiger partial charge is 0.462 e. The molecule has 0 aliphatic carbocycles. The number of rotatable bonds is 5. The van der Waals surface area contributed by atoms with Crippen LogP contribution in [0.4, 0.5) is 0 Å². The first-order valence-electron chi connectivity index (χ1n) is 9.57. The first-order chi connectivity index (χ1) is 13.4. The van der Waals surface area contributed by atoms with Crippen LogP contribution in [-0.4, -0.2) is 75.5 Å². The normalized spacial score (nSPS) is 21.3. The first kappa shape index (κ1) is 20.8. The van der Waals surface area contributed by atoms with E-state index in [0.29, 0.717) is 51.3 Å².